The zero-order valence-electron chi connectivity index (χ0n) is 25.9. The van der Waals surface area contributed by atoms with Gasteiger partial charge in [0.05, 0.1) is 18.9 Å². The number of hydrogen-bond donors (Lipinski definition) is 2. The molecular weight excluding hydrogens is 603 g/mol. The molecule has 1 aromatic carbocycles. The van der Waals surface area contributed by atoms with Crippen molar-refractivity contribution in [2.24, 2.45) is 5.92 Å². The van der Waals surface area contributed by atoms with E-state index in [4.69, 9.17) is 33.7 Å². The van der Waals surface area contributed by atoms with Gasteiger partial charge in [0.15, 0.2) is 11.6 Å². The van der Waals surface area contributed by atoms with E-state index in [0.717, 1.165) is 12.8 Å². The van der Waals surface area contributed by atoms with Crippen LogP contribution in [0.2, 0.25) is 0 Å². The predicted molar refractivity (Wildman–Crippen MR) is 162 cm³/mol. The van der Waals surface area contributed by atoms with Crippen molar-refractivity contribution in [2.75, 3.05) is 18.9 Å². The van der Waals surface area contributed by atoms with Gasteiger partial charge in [-0.15, -0.1) is 0 Å². The summed E-state index contributed by atoms with van der Waals surface area (Å²) in [5, 5.41) is 17.6. The molecule has 6 atom stereocenters. The Bertz CT molecular complexity index is 1590. The third-order valence-corrected chi connectivity index (χ3v) is 9.60. The van der Waals surface area contributed by atoms with Crippen LogP contribution in [-0.2, 0) is 38.4 Å². The van der Waals surface area contributed by atoms with Crippen LogP contribution in [0, 0.1) is 17.2 Å². The van der Waals surface area contributed by atoms with Gasteiger partial charge >= 0.3 is 13.7 Å². The third kappa shape index (κ3) is 6.70. The number of nitriles is 1. The lowest BCUT2D eigenvalue weighted by atomic mass is 9.92. The zero-order chi connectivity index (χ0) is 32.4. The minimum Gasteiger partial charge on any atom is -0.464 e. The Labute approximate surface area is 261 Å². The Hall–Kier alpha value is -3.57. The van der Waals surface area contributed by atoms with E-state index in [9.17, 15) is 14.6 Å². The van der Waals surface area contributed by atoms with Gasteiger partial charge in [-0.3, -0.25) is 9.32 Å². The number of nitrogens with two attached hydrogens (primary N) is 1. The van der Waals surface area contributed by atoms with Crippen molar-refractivity contribution in [3.05, 3.63) is 54.5 Å². The van der Waals surface area contributed by atoms with Gasteiger partial charge in [-0.2, -0.15) is 15.4 Å². The summed E-state index contributed by atoms with van der Waals surface area (Å²) in [6.45, 7) is 8.91. The van der Waals surface area contributed by atoms with Gasteiger partial charge in [0.2, 0.25) is 5.60 Å². The fourth-order valence-electron chi connectivity index (χ4n) is 5.49. The highest BCUT2D eigenvalue weighted by molar-refractivity contribution is 7.52. The number of nitrogen functional groups attached to an aromatic ring is 1. The molecule has 14 nitrogen and oxygen atoms in total. The topological polar surface area (TPSA) is 182 Å². The summed E-state index contributed by atoms with van der Waals surface area (Å²) in [4.78, 5) is 16.9. The highest BCUT2D eigenvalue weighted by Gasteiger charge is 2.65. The number of carbonyl (C=O) groups excluding carboxylic acids is 1. The normalized spacial score (nSPS) is 25.8. The lowest BCUT2D eigenvalue weighted by molar-refractivity contribution is -0.204. The smallest absolute Gasteiger partial charge is 0.459 e. The largest absolute Gasteiger partial charge is 0.464 e. The standard InChI is InChI=1S/C30H39N6O8P/c1-6-20(7-2)15-39-28(37)19(3)35-45(38,44-21-11-9-8-10-12-21)40-16-23-25-26(43-29(4,5)42-25)30(17-31,41-23)24-14-13-22-27(32)33-18-34-36(22)24/h8-14,18-20,23,25-26H,6-7,15-16H2,1-5H3,(H,35,38)(H2,32,33,34)/t19?,23-,25-,26-,30+,45+/m1/s1. The number of anilines is 1. The highest BCUT2D eigenvalue weighted by Crippen LogP contribution is 2.51. The van der Waals surface area contributed by atoms with Crippen LogP contribution in [-0.4, -0.2) is 63.9 Å². The molecule has 2 aromatic heterocycles. The Morgan fingerprint density at radius 2 is 1.91 bits per heavy atom. The van der Waals surface area contributed by atoms with Crippen LogP contribution < -0.4 is 15.3 Å². The van der Waals surface area contributed by atoms with Crippen molar-refractivity contribution in [1.29, 1.82) is 5.26 Å². The molecule has 4 heterocycles. The fourth-order valence-corrected chi connectivity index (χ4v) is 6.99. The van der Waals surface area contributed by atoms with E-state index >= 15 is 0 Å². The van der Waals surface area contributed by atoms with E-state index in [2.05, 4.69) is 21.2 Å². The van der Waals surface area contributed by atoms with Gasteiger partial charge in [0.25, 0.3) is 0 Å². The number of fused-ring (bicyclic) bond motifs is 2. The third-order valence-electron chi connectivity index (χ3n) is 7.96. The van der Waals surface area contributed by atoms with Crippen molar-refractivity contribution in [2.45, 2.75) is 83.2 Å². The van der Waals surface area contributed by atoms with Gasteiger partial charge in [0.1, 0.15) is 48.0 Å². The summed E-state index contributed by atoms with van der Waals surface area (Å²) in [6.07, 6.45) is 0.325. The van der Waals surface area contributed by atoms with Crippen molar-refractivity contribution in [1.82, 2.24) is 19.7 Å². The molecule has 0 bridgehead atoms. The molecule has 2 aliphatic rings. The quantitative estimate of drug-likeness (QED) is 0.201. The number of benzene rings is 1. The van der Waals surface area contributed by atoms with Crippen LogP contribution in [0.4, 0.5) is 5.82 Å². The maximum atomic E-state index is 14.2. The van der Waals surface area contributed by atoms with Crippen LogP contribution in [0.5, 0.6) is 5.75 Å². The van der Waals surface area contributed by atoms with E-state index in [1.807, 2.05) is 13.8 Å². The van der Waals surface area contributed by atoms with Crippen LogP contribution in [0.3, 0.4) is 0 Å². The summed E-state index contributed by atoms with van der Waals surface area (Å²) in [6, 6.07) is 13.0. The minimum absolute atomic E-state index is 0.219. The molecule has 0 spiro atoms. The molecule has 2 fully saturated rings. The fraction of sp³-hybridized carbons (Fsp3) is 0.533. The molecule has 2 aliphatic heterocycles. The number of carbonyl (C=O) groups is 1. The number of nitrogens with one attached hydrogen (secondary N) is 1. The van der Waals surface area contributed by atoms with E-state index in [1.54, 1.807) is 56.3 Å². The number of para-hydroxylation sites is 1. The molecule has 5 rings (SSSR count). The van der Waals surface area contributed by atoms with Crippen LogP contribution in [0.15, 0.2) is 48.8 Å². The molecule has 0 radical (unpaired) electrons. The first kappa shape index (κ1) is 32.8. The van der Waals surface area contributed by atoms with Gasteiger partial charge in [0, 0.05) is 0 Å². The summed E-state index contributed by atoms with van der Waals surface area (Å²) in [5.74, 6) is -0.980. The molecule has 242 valence electrons. The number of esters is 1. The van der Waals surface area contributed by atoms with Crippen molar-refractivity contribution < 1.29 is 37.4 Å². The molecule has 0 aliphatic carbocycles. The maximum absolute atomic E-state index is 14.2. The number of ether oxygens (including phenoxy) is 4. The summed E-state index contributed by atoms with van der Waals surface area (Å²) >= 11 is 0. The lowest BCUT2D eigenvalue weighted by Crippen LogP contribution is -2.40. The van der Waals surface area contributed by atoms with Gasteiger partial charge in [-0.25, -0.2) is 14.1 Å². The average Bonchev–Trinajstić information content (AvgIpc) is 3.68. The summed E-state index contributed by atoms with van der Waals surface area (Å²) in [5.41, 5.74) is 5.17. The van der Waals surface area contributed by atoms with Crippen LogP contribution in [0.25, 0.3) is 5.52 Å². The number of rotatable bonds is 13. The van der Waals surface area contributed by atoms with Crippen LogP contribution in [0.1, 0.15) is 53.2 Å². The second kappa shape index (κ2) is 13.0. The molecule has 0 amide bonds. The molecule has 1 unspecified atom stereocenters. The molecule has 45 heavy (non-hydrogen) atoms. The Morgan fingerprint density at radius 3 is 2.60 bits per heavy atom. The Balaban J connectivity index is 1.40. The SMILES string of the molecule is CCC(CC)COC(=O)C(C)N[P@](=O)(OC[C@H]1O[C@@](C#N)(c2ccc3c(N)ncnn23)[C@@H]2OC(C)(C)O[C@@H]21)Oc1ccccc1. The van der Waals surface area contributed by atoms with Gasteiger partial charge < -0.3 is 29.2 Å². The average molecular weight is 643 g/mol. The Morgan fingerprint density at radius 1 is 1.18 bits per heavy atom. The van der Waals surface area contributed by atoms with E-state index in [0.29, 0.717) is 11.2 Å². The second-order valence-corrected chi connectivity index (χ2v) is 13.2. The van der Waals surface area contributed by atoms with E-state index < -0.39 is 49.5 Å². The van der Waals surface area contributed by atoms with Crippen molar-refractivity contribution in [3.8, 4) is 11.8 Å². The number of hydrogen-bond acceptors (Lipinski definition) is 12. The van der Waals surface area contributed by atoms with Crippen molar-refractivity contribution >= 4 is 25.1 Å². The van der Waals surface area contributed by atoms with E-state index in [1.165, 1.54) is 17.8 Å². The predicted octanol–water partition coefficient (Wildman–Crippen LogP) is 4.11. The van der Waals surface area contributed by atoms with Gasteiger partial charge in [-0.1, -0.05) is 44.9 Å². The summed E-state index contributed by atoms with van der Waals surface area (Å²) in [7, 11) is -4.24. The first-order valence-electron chi connectivity index (χ1n) is 14.9. The summed E-state index contributed by atoms with van der Waals surface area (Å²) < 4.78 is 51.7. The zero-order valence-corrected chi connectivity index (χ0v) is 26.8. The van der Waals surface area contributed by atoms with Crippen LogP contribution >= 0.6 is 7.75 Å². The monoisotopic (exact) mass is 642 g/mol. The lowest BCUT2D eigenvalue weighted by Gasteiger charge is -2.29. The van der Waals surface area contributed by atoms with Gasteiger partial charge in [-0.05, 0) is 51.0 Å². The minimum atomic E-state index is -4.24. The molecule has 2 saturated heterocycles. The second-order valence-electron chi connectivity index (χ2n) is 11.5. The first-order valence-corrected chi connectivity index (χ1v) is 16.5. The molecule has 15 heteroatoms. The Kier molecular flexibility index (Phi) is 9.51. The number of nitrogens with zero attached hydrogens (tertiary/aromatic N) is 4. The number of aromatic nitrogens is 3. The molecular formula is C30H39N6O8P. The van der Waals surface area contributed by atoms with E-state index in [-0.39, 0.29) is 30.7 Å². The molecule has 3 aromatic rings. The van der Waals surface area contributed by atoms with Crippen molar-refractivity contribution in [3.63, 3.8) is 0 Å². The first-order chi connectivity index (χ1) is 21.4. The molecule has 0 saturated carbocycles. The molecule has 3 N–H and O–H groups in total. The maximum Gasteiger partial charge on any atom is 0.459 e. The highest BCUT2D eigenvalue weighted by atomic mass is 31.2.